The third-order valence-electron chi connectivity index (χ3n) is 2.11. The molecule has 17 heavy (non-hydrogen) atoms. The molecule has 6 heteroatoms. The standard InChI is InChI=1S/C11H11N3O2S/c1-7-6-17-9(14-7)5-13-8-3-2-4-12-10(8)11(15)16/h2-4,6,13H,5H2,1H3,(H,15,16). The molecule has 0 bridgehead atoms. The lowest BCUT2D eigenvalue weighted by Gasteiger charge is -2.06. The zero-order chi connectivity index (χ0) is 12.3. The van der Waals surface area contributed by atoms with Crippen LogP contribution in [-0.2, 0) is 6.54 Å². The summed E-state index contributed by atoms with van der Waals surface area (Å²) < 4.78 is 0. The van der Waals surface area contributed by atoms with Gasteiger partial charge in [0.1, 0.15) is 5.01 Å². The molecule has 0 amide bonds. The summed E-state index contributed by atoms with van der Waals surface area (Å²) in [5, 5.41) is 14.9. The fourth-order valence-corrected chi connectivity index (χ4v) is 2.08. The number of hydrogen-bond donors (Lipinski definition) is 2. The van der Waals surface area contributed by atoms with Crippen LogP contribution >= 0.6 is 11.3 Å². The summed E-state index contributed by atoms with van der Waals surface area (Å²) in [6.45, 7) is 2.43. The van der Waals surface area contributed by atoms with Crippen molar-refractivity contribution in [1.29, 1.82) is 0 Å². The van der Waals surface area contributed by atoms with Crippen LogP contribution in [0.25, 0.3) is 0 Å². The third-order valence-corrected chi connectivity index (χ3v) is 3.07. The van der Waals surface area contributed by atoms with Crippen molar-refractivity contribution in [2.24, 2.45) is 0 Å². The molecule has 2 N–H and O–H groups in total. The van der Waals surface area contributed by atoms with Gasteiger partial charge in [0.2, 0.25) is 0 Å². The number of anilines is 1. The maximum atomic E-state index is 10.9. The summed E-state index contributed by atoms with van der Waals surface area (Å²) >= 11 is 1.54. The smallest absolute Gasteiger partial charge is 0.356 e. The first-order chi connectivity index (χ1) is 8.16. The van der Waals surface area contributed by atoms with Crippen LogP contribution in [0.15, 0.2) is 23.7 Å². The number of pyridine rings is 1. The summed E-state index contributed by atoms with van der Waals surface area (Å²) in [4.78, 5) is 19.0. The number of aromatic nitrogens is 2. The molecule has 0 atom stereocenters. The number of thiazole rings is 1. The number of carbonyl (C=O) groups is 1. The van der Waals surface area contributed by atoms with E-state index in [4.69, 9.17) is 5.11 Å². The molecule has 0 radical (unpaired) electrons. The average molecular weight is 249 g/mol. The first kappa shape index (κ1) is 11.5. The molecular weight excluding hydrogens is 238 g/mol. The fourth-order valence-electron chi connectivity index (χ4n) is 1.37. The van der Waals surface area contributed by atoms with Crippen LogP contribution < -0.4 is 5.32 Å². The van der Waals surface area contributed by atoms with E-state index < -0.39 is 5.97 Å². The van der Waals surface area contributed by atoms with Crippen molar-refractivity contribution >= 4 is 23.0 Å². The molecule has 0 saturated carbocycles. The maximum Gasteiger partial charge on any atom is 0.356 e. The van der Waals surface area contributed by atoms with Gasteiger partial charge in [0, 0.05) is 17.3 Å². The first-order valence-corrected chi connectivity index (χ1v) is 5.88. The molecule has 0 saturated heterocycles. The van der Waals surface area contributed by atoms with Gasteiger partial charge in [-0.1, -0.05) is 0 Å². The lowest BCUT2D eigenvalue weighted by atomic mass is 10.3. The molecule has 0 aliphatic heterocycles. The molecule has 2 aromatic rings. The van der Waals surface area contributed by atoms with Crippen molar-refractivity contribution in [1.82, 2.24) is 9.97 Å². The highest BCUT2D eigenvalue weighted by molar-refractivity contribution is 7.09. The molecule has 0 aliphatic carbocycles. The molecule has 2 heterocycles. The number of hydrogen-bond acceptors (Lipinski definition) is 5. The van der Waals surface area contributed by atoms with Gasteiger partial charge in [-0.2, -0.15) is 0 Å². The molecule has 0 aliphatic rings. The minimum Gasteiger partial charge on any atom is -0.476 e. The summed E-state index contributed by atoms with van der Waals surface area (Å²) in [6, 6.07) is 3.39. The molecule has 0 fully saturated rings. The molecule has 0 unspecified atom stereocenters. The van der Waals surface area contributed by atoms with Crippen molar-refractivity contribution in [3.63, 3.8) is 0 Å². The van der Waals surface area contributed by atoms with Crippen molar-refractivity contribution < 1.29 is 9.90 Å². The summed E-state index contributed by atoms with van der Waals surface area (Å²) in [6.07, 6.45) is 1.46. The molecule has 2 rings (SSSR count). The van der Waals surface area contributed by atoms with Gasteiger partial charge < -0.3 is 10.4 Å². The van der Waals surface area contributed by atoms with Crippen LogP contribution in [0, 0.1) is 6.92 Å². The van der Waals surface area contributed by atoms with Crippen LogP contribution in [-0.4, -0.2) is 21.0 Å². The zero-order valence-electron chi connectivity index (χ0n) is 9.17. The predicted octanol–water partition coefficient (Wildman–Crippen LogP) is 2.16. The second-order valence-corrected chi connectivity index (χ2v) is 4.38. The molecule has 0 aromatic carbocycles. The van der Waals surface area contributed by atoms with E-state index in [2.05, 4.69) is 15.3 Å². The highest BCUT2D eigenvalue weighted by Gasteiger charge is 2.10. The molecule has 2 aromatic heterocycles. The largest absolute Gasteiger partial charge is 0.476 e. The summed E-state index contributed by atoms with van der Waals surface area (Å²) in [5.41, 5.74) is 1.50. The van der Waals surface area contributed by atoms with Crippen LogP contribution in [0.3, 0.4) is 0 Å². The van der Waals surface area contributed by atoms with Gasteiger partial charge in [-0.15, -0.1) is 11.3 Å². The van der Waals surface area contributed by atoms with Crippen LogP contribution in [0.2, 0.25) is 0 Å². The van der Waals surface area contributed by atoms with E-state index in [1.54, 1.807) is 23.5 Å². The van der Waals surface area contributed by atoms with E-state index in [1.165, 1.54) is 6.20 Å². The normalized spacial score (nSPS) is 10.2. The summed E-state index contributed by atoms with van der Waals surface area (Å²) in [7, 11) is 0. The van der Waals surface area contributed by atoms with Crippen molar-refractivity contribution in [2.45, 2.75) is 13.5 Å². The quantitative estimate of drug-likeness (QED) is 0.868. The SMILES string of the molecule is Cc1csc(CNc2cccnc2C(=O)O)n1. The van der Waals surface area contributed by atoms with Crippen molar-refractivity contribution in [3.8, 4) is 0 Å². The van der Waals surface area contributed by atoms with E-state index in [0.29, 0.717) is 12.2 Å². The lowest BCUT2D eigenvalue weighted by molar-refractivity contribution is 0.0691. The van der Waals surface area contributed by atoms with Gasteiger partial charge in [0.15, 0.2) is 5.69 Å². The number of nitrogens with one attached hydrogen (secondary N) is 1. The minimum atomic E-state index is -1.04. The van der Waals surface area contributed by atoms with Gasteiger partial charge in [-0.05, 0) is 19.1 Å². The Labute approximate surface area is 102 Å². The fraction of sp³-hybridized carbons (Fsp3) is 0.182. The second-order valence-electron chi connectivity index (χ2n) is 3.44. The van der Waals surface area contributed by atoms with Gasteiger partial charge in [0.05, 0.1) is 12.2 Å². The number of aromatic carboxylic acids is 1. The zero-order valence-corrected chi connectivity index (χ0v) is 9.99. The molecular formula is C11H11N3O2S. The Morgan fingerprint density at radius 1 is 1.59 bits per heavy atom. The molecule has 5 nitrogen and oxygen atoms in total. The topological polar surface area (TPSA) is 75.1 Å². The number of nitrogens with zero attached hydrogens (tertiary/aromatic N) is 2. The van der Waals surface area contributed by atoms with Crippen molar-refractivity contribution in [3.05, 3.63) is 40.1 Å². The summed E-state index contributed by atoms with van der Waals surface area (Å²) in [5.74, 6) is -1.04. The Morgan fingerprint density at radius 2 is 2.41 bits per heavy atom. The Balaban J connectivity index is 2.11. The number of carboxylic acid groups (broad SMARTS) is 1. The van der Waals surface area contributed by atoms with E-state index in [0.717, 1.165) is 10.7 Å². The van der Waals surface area contributed by atoms with E-state index in [9.17, 15) is 4.79 Å². The third kappa shape index (κ3) is 2.79. The van der Waals surface area contributed by atoms with Gasteiger partial charge in [0.25, 0.3) is 0 Å². The van der Waals surface area contributed by atoms with Crippen molar-refractivity contribution in [2.75, 3.05) is 5.32 Å². The van der Waals surface area contributed by atoms with E-state index in [-0.39, 0.29) is 5.69 Å². The molecule has 88 valence electrons. The second kappa shape index (κ2) is 4.92. The number of aryl methyl sites for hydroxylation is 1. The monoisotopic (exact) mass is 249 g/mol. The van der Waals surface area contributed by atoms with Gasteiger partial charge in [-0.3, -0.25) is 0 Å². The number of carboxylic acids is 1. The van der Waals surface area contributed by atoms with Crippen LogP contribution in [0.1, 0.15) is 21.2 Å². The molecule has 0 spiro atoms. The Hall–Kier alpha value is -1.95. The Kier molecular flexibility index (Phi) is 3.34. The highest BCUT2D eigenvalue weighted by atomic mass is 32.1. The lowest BCUT2D eigenvalue weighted by Crippen LogP contribution is -2.08. The van der Waals surface area contributed by atoms with E-state index in [1.807, 2.05) is 12.3 Å². The number of rotatable bonds is 4. The van der Waals surface area contributed by atoms with E-state index >= 15 is 0 Å². The van der Waals surface area contributed by atoms with Crippen LogP contribution in [0.5, 0.6) is 0 Å². The van der Waals surface area contributed by atoms with Crippen LogP contribution in [0.4, 0.5) is 5.69 Å². The predicted molar refractivity (Wildman–Crippen MR) is 65.4 cm³/mol. The highest BCUT2D eigenvalue weighted by Crippen LogP contribution is 2.15. The maximum absolute atomic E-state index is 10.9. The minimum absolute atomic E-state index is 0.0285. The average Bonchev–Trinajstić information content (AvgIpc) is 2.73. The van der Waals surface area contributed by atoms with Gasteiger partial charge >= 0.3 is 5.97 Å². The first-order valence-electron chi connectivity index (χ1n) is 5.00. The Bertz CT molecular complexity index is 539. The van der Waals surface area contributed by atoms with Gasteiger partial charge in [-0.25, -0.2) is 14.8 Å². The Morgan fingerprint density at radius 3 is 3.06 bits per heavy atom.